The van der Waals surface area contributed by atoms with E-state index in [1.54, 1.807) is 24.1 Å². The molecular formula is C23H25N5O6. The lowest BCUT2D eigenvalue weighted by atomic mass is 10.1. The van der Waals surface area contributed by atoms with Gasteiger partial charge in [0.25, 0.3) is 5.91 Å². The molecule has 5 rings (SSSR count). The van der Waals surface area contributed by atoms with Gasteiger partial charge >= 0.3 is 6.09 Å². The topological polar surface area (TPSA) is 128 Å². The van der Waals surface area contributed by atoms with Crippen LogP contribution in [0.15, 0.2) is 24.7 Å². The Morgan fingerprint density at radius 3 is 2.94 bits per heavy atom. The predicted octanol–water partition coefficient (Wildman–Crippen LogP) is 2.71. The number of nitrogens with zero attached hydrogens (tertiary/aromatic N) is 3. The van der Waals surface area contributed by atoms with E-state index in [0.29, 0.717) is 77.8 Å². The van der Waals surface area contributed by atoms with Crippen LogP contribution in [0.2, 0.25) is 0 Å². The number of aromatic nitrogens is 3. The number of carbonyl (C=O) groups is 2. The number of nitrogens with one attached hydrogen (secondary N) is 2. The number of amides is 2. The van der Waals surface area contributed by atoms with Crippen molar-refractivity contribution in [1.29, 1.82) is 0 Å². The van der Waals surface area contributed by atoms with Crippen LogP contribution >= 0.6 is 0 Å². The van der Waals surface area contributed by atoms with Crippen LogP contribution in [-0.2, 0) is 4.74 Å². The minimum absolute atomic E-state index is 0.106. The minimum Gasteiger partial charge on any atom is -0.493 e. The molecule has 11 nitrogen and oxygen atoms in total. The lowest BCUT2D eigenvalue weighted by Gasteiger charge is -2.16. The standard InChI is InChI=1S/C23H25N5O6/c1-3-31-15-5-6-16-21(34-12-33-16)17(15)19-20-18(25-11-26-19)14(9-24-20)22(29)27-13-7-8-28(10-13)23(30)32-4-2/h5-6,9,11,13,24H,3-4,7-8,10,12H2,1-2H3,(H,27,29)/t13-/m1/s1. The molecule has 1 saturated heterocycles. The van der Waals surface area contributed by atoms with Crippen molar-refractivity contribution >= 4 is 23.0 Å². The number of benzene rings is 1. The normalized spacial score (nSPS) is 16.6. The van der Waals surface area contributed by atoms with Crippen molar-refractivity contribution in [2.24, 2.45) is 0 Å². The van der Waals surface area contributed by atoms with Gasteiger partial charge in [-0.05, 0) is 32.4 Å². The zero-order valence-electron chi connectivity index (χ0n) is 18.9. The third kappa shape index (κ3) is 3.82. The van der Waals surface area contributed by atoms with Gasteiger partial charge in [0.2, 0.25) is 6.79 Å². The first-order chi connectivity index (χ1) is 16.6. The van der Waals surface area contributed by atoms with Crippen molar-refractivity contribution in [2.75, 3.05) is 33.1 Å². The second kappa shape index (κ2) is 9.08. The zero-order valence-corrected chi connectivity index (χ0v) is 18.9. The summed E-state index contributed by atoms with van der Waals surface area (Å²) in [6, 6.07) is 3.44. The maximum atomic E-state index is 13.1. The van der Waals surface area contributed by atoms with Crippen LogP contribution in [0.3, 0.4) is 0 Å². The second-order valence-electron chi connectivity index (χ2n) is 7.86. The van der Waals surface area contributed by atoms with E-state index in [1.807, 2.05) is 13.0 Å². The van der Waals surface area contributed by atoms with Crippen LogP contribution in [0.4, 0.5) is 4.79 Å². The Morgan fingerprint density at radius 1 is 1.24 bits per heavy atom. The van der Waals surface area contributed by atoms with Gasteiger partial charge in [-0.2, -0.15) is 0 Å². The lowest BCUT2D eigenvalue weighted by Crippen LogP contribution is -2.38. The van der Waals surface area contributed by atoms with E-state index < -0.39 is 0 Å². The molecular weight excluding hydrogens is 442 g/mol. The van der Waals surface area contributed by atoms with Crippen LogP contribution in [-0.4, -0.2) is 71.0 Å². The molecule has 2 aromatic heterocycles. The number of carbonyl (C=O) groups excluding carboxylic acids is 2. The minimum atomic E-state index is -0.365. The number of fused-ring (bicyclic) bond motifs is 2. The molecule has 1 aromatic carbocycles. The highest BCUT2D eigenvalue weighted by molar-refractivity contribution is 6.08. The average molecular weight is 467 g/mol. The third-order valence-corrected chi connectivity index (χ3v) is 5.80. The van der Waals surface area contributed by atoms with Crippen LogP contribution in [0.5, 0.6) is 17.2 Å². The molecule has 2 aliphatic rings. The molecule has 11 heteroatoms. The Hall–Kier alpha value is -4.02. The second-order valence-corrected chi connectivity index (χ2v) is 7.86. The first kappa shape index (κ1) is 21.8. The molecule has 1 fully saturated rings. The summed E-state index contributed by atoms with van der Waals surface area (Å²) in [6.07, 6.45) is 3.30. The summed E-state index contributed by atoms with van der Waals surface area (Å²) in [5.41, 5.74) is 2.62. The van der Waals surface area contributed by atoms with Crippen LogP contribution in [0.1, 0.15) is 30.6 Å². The average Bonchev–Trinajstić information content (AvgIpc) is 3.58. The fraction of sp³-hybridized carbons (Fsp3) is 0.391. The van der Waals surface area contributed by atoms with Crippen molar-refractivity contribution in [2.45, 2.75) is 26.3 Å². The molecule has 178 valence electrons. The van der Waals surface area contributed by atoms with Gasteiger partial charge in [-0.25, -0.2) is 14.8 Å². The predicted molar refractivity (Wildman–Crippen MR) is 121 cm³/mol. The third-order valence-electron chi connectivity index (χ3n) is 5.80. The van der Waals surface area contributed by atoms with E-state index in [-0.39, 0.29) is 24.8 Å². The highest BCUT2D eigenvalue weighted by Crippen LogP contribution is 2.47. The quantitative estimate of drug-likeness (QED) is 0.566. The number of hydrogen-bond donors (Lipinski definition) is 2. The van der Waals surface area contributed by atoms with Gasteiger partial charge in [-0.15, -0.1) is 0 Å². The fourth-order valence-corrected chi connectivity index (χ4v) is 4.28. The molecule has 2 aliphatic heterocycles. The van der Waals surface area contributed by atoms with E-state index in [1.165, 1.54) is 6.33 Å². The summed E-state index contributed by atoms with van der Waals surface area (Å²) in [7, 11) is 0. The molecule has 34 heavy (non-hydrogen) atoms. The first-order valence-electron chi connectivity index (χ1n) is 11.2. The summed E-state index contributed by atoms with van der Waals surface area (Å²) >= 11 is 0. The van der Waals surface area contributed by atoms with Gasteiger partial charge in [-0.1, -0.05) is 0 Å². The van der Waals surface area contributed by atoms with Gasteiger partial charge < -0.3 is 34.1 Å². The SMILES string of the molecule is CCOC(=O)N1CC[C@@H](NC(=O)c2c[nH]c3c(-c4c(OCC)ccc5c4OCO5)ncnc23)C1. The zero-order chi connectivity index (χ0) is 23.7. The molecule has 2 amide bonds. The molecule has 0 spiro atoms. The van der Waals surface area contributed by atoms with Crippen molar-refractivity contribution in [1.82, 2.24) is 25.2 Å². The lowest BCUT2D eigenvalue weighted by molar-refractivity contribution is 0.0931. The molecule has 4 heterocycles. The maximum Gasteiger partial charge on any atom is 0.409 e. The smallest absolute Gasteiger partial charge is 0.409 e. The van der Waals surface area contributed by atoms with Crippen molar-refractivity contribution in [3.63, 3.8) is 0 Å². The van der Waals surface area contributed by atoms with Crippen molar-refractivity contribution in [3.8, 4) is 28.5 Å². The largest absolute Gasteiger partial charge is 0.493 e. The monoisotopic (exact) mass is 467 g/mol. The Balaban J connectivity index is 1.44. The van der Waals surface area contributed by atoms with Crippen LogP contribution in [0, 0.1) is 0 Å². The van der Waals surface area contributed by atoms with Gasteiger partial charge in [0.15, 0.2) is 11.5 Å². The van der Waals surface area contributed by atoms with E-state index in [0.717, 1.165) is 0 Å². The summed E-state index contributed by atoms with van der Waals surface area (Å²) < 4.78 is 22.1. The summed E-state index contributed by atoms with van der Waals surface area (Å²) in [6.45, 7) is 5.48. The molecule has 3 aromatic rings. The summed E-state index contributed by atoms with van der Waals surface area (Å²) in [4.78, 5) is 38.6. The number of hydrogen-bond acceptors (Lipinski definition) is 8. The number of rotatable bonds is 6. The van der Waals surface area contributed by atoms with Crippen molar-refractivity contribution < 1.29 is 28.5 Å². The Bertz CT molecular complexity index is 1240. The van der Waals surface area contributed by atoms with Gasteiger partial charge in [0, 0.05) is 25.3 Å². The summed E-state index contributed by atoms with van der Waals surface area (Å²) in [5.74, 6) is 1.45. The van der Waals surface area contributed by atoms with E-state index in [9.17, 15) is 9.59 Å². The first-order valence-corrected chi connectivity index (χ1v) is 11.2. The van der Waals surface area contributed by atoms with E-state index >= 15 is 0 Å². The Morgan fingerprint density at radius 2 is 2.12 bits per heavy atom. The van der Waals surface area contributed by atoms with E-state index in [2.05, 4.69) is 20.3 Å². The fourth-order valence-electron chi connectivity index (χ4n) is 4.28. The summed E-state index contributed by atoms with van der Waals surface area (Å²) in [5, 5.41) is 2.99. The molecule has 1 atom stereocenters. The van der Waals surface area contributed by atoms with Gasteiger partial charge in [-0.3, -0.25) is 4.79 Å². The van der Waals surface area contributed by atoms with E-state index in [4.69, 9.17) is 18.9 Å². The van der Waals surface area contributed by atoms with Crippen LogP contribution in [0.25, 0.3) is 22.3 Å². The molecule has 0 bridgehead atoms. The van der Waals surface area contributed by atoms with Gasteiger partial charge in [0.05, 0.1) is 29.9 Å². The molecule has 0 aliphatic carbocycles. The van der Waals surface area contributed by atoms with Crippen LogP contribution < -0.4 is 19.5 Å². The maximum absolute atomic E-state index is 13.1. The molecule has 0 unspecified atom stereocenters. The van der Waals surface area contributed by atoms with Gasteiger partial charge in [0.1, 0.15) is 23.3 Å². The number of ether oxygens (including phenoxy) is 4. The Labute approximate surface area is 195 Å². The Kier molecular flexibility index (Phi) is 5.83. The number of aromatic amines is 1. The number of H-pyrrole nitrogens is 1. The molecule has 0 radical (unpaired) electrons. The molecule has 2 N–H and O–H groups in total. The highest BCUT2D eigenvalue weighted by atomic mass is 16.7. The highest BCUT2D eigenvalue weighted by Gasteiger charge is 2.30. The molecule has 0 saturated carbocycles. The number of likely N-dealkylation sites (tertiary alicyclic amines) is 1. The van der Waals surface area contributed by atoms with Crippen molar-refractivity contribution in [3.05, 3.63) is 30.2 Å².